The van der Waals surface area contributed by atoms with Gasteiger partial charge in [0.05, 0.1) is 10.6 Å². The zero-order valence-corrected chi connectivity index (χ0v) is 25.4. The van der Waals surface area contributed by atoms with Crippen LogP contribution in [0.5, 0.6) is 0 Å². The van der Waals surface area contributed by atoms with Crippen LogP contribution in [0.15, 0.2) is 82.2 Å². The smallest absolute Gasteiger partial charge is 0.264 e. The minimum atomic E-state index is -4.10. The molecule has 2 amide bonds. The van der Waals surface area contributed by atoms with Gasteiger partial charge in [-0.2, -0.15) is 0 Å². The molecule has 0 unspecified atom stereocenters. The average molecular weight is 615 g/mol. The summed E-state index contributed by atoms with van der Waals surface area (Å²) in [6, 6.07) is 20.1. The van der Waals surface area contributed by atoms with Crippen LogP contribution in [0.25, 0.3) is 0 Å². The van der Waals surface area contributed by atoms with Crippen LogP contribution in [0.3, 0.4) is 0 Å². The van der Waals surface area contributed by atoms with Gasteiger partial charge in [0.2, 0.25) is 11.8 Å². The van der Waals surface area contributed by atoms with E-state index in [0.717, 1.165) is 27.4 Å². The van der Waals surface area contributed by atoms with Crippen molar-refractivity contribution in [3.63, 3.8) is 0 Å². The first-order valence-electron chi connectivity index (χ1n) is 12.9. The number of nitrogens with one attached hydrogen (secondary N) is 1. The molecular weight excluding hydrogens is 578 g/mol. The van der Waals surface area contributed by atoms with Gasteiger partial charge in [0, 0.05) is 17.1 Å². The number of benzene rings is 3. The minimum Gasteiger partial charge on any atom is -0.352 e. The summed E-state index contributed by atoms with van der Waals surface area (Å²) in [5.74, 6) is -0.776. The van der Waals surface area contributed by atoms with Crippen LogP contribution < -0.4 is 9.62 Å². The number of rotatable bonds is 11. The summed E-state index contributed by atoms with van der Waals surface area (Å²) in [6.45, 7) is 9.06. The number of aryl methyl sites for hydroxylation is 2. The lowest BCUT2D eigenvalue weighted by Gasteiger charge is -2.32. The van der Waals surface area contributed by atoms with Gasteiger partial charge in [-0.05, 0) is 75.6 Å². The van der Waals surface area contributed by atoms with E-state index in [1.807, 2.05) is 52.0 Å². The number of anilines is 1. The molecular formula is C30H36BrN3O4S. The van der Waals surface area contributed by atoms with E-state index in [0.29, 0.717) is 10.2 Å². The predicted octanol–water partition coefficient (Wildman–Crippen LogP) is 5.59. The van der Waals surface area contributed by atoms with Gasteiger partial charge in [0.1, 0.15) is 12.6 Å². The third kappa shape index (κ3) is 7.70. The zero-order chi connectivity index (χ0) is 28.7. The van der Waals surface area contributed by atoms with Gasteiger partial charge in [0.25, 0.3) is 10.0 Å². The molecule has 208 valence electrons. The zero-order valence-electron chi connectivity index (χ0n) is 23.0. The van der Waals surface area contributed by atoms with Crippen molar-refractivity contribution in [3.05, 3.63) is 94.0 Å². The molecule has 3 rings (SSSR count). The standard InChI is InChI=1S/C30H36BrN3O4S/c1-6-23(4)32-30(36)24(5)33(19-25-11-8-7-10-22(25)3)29(35)20-34(27-13-9-12-26(31)18-27)39(37,38)28-16-14-21(2)15-17-28/h7-18,23-24H,6,19-20H2,1-5H3,(H,32,36)/t23-,24+/m0/s1. The average Bonchev–Trinajstić information content (AvgIpc) is 2.90. The van der Waals surface area contributed by atoms with Gasteiger partial charge in [-0.25, -0.2) is 8.42 Å². The number of hydrogen-bond donors (Lipinski definition) is 1. The molecule has 2 atom stereocenters. The maximum absolute atomic E-state index is 14.0. The van der Waals surface area contributed by atoms with Crippen molar-refractivity contribution in [2.24, 2.45) is 0 Å². The Bertz CT molecular complexity index is 1410. The number of amides is 2. The molecule has 0 aromatic heterocycles. The highest BCUT2D eigenvalue weighted by atomic mass is 79.9. The monoisotopic (exact) mass is 613 g/mol. The van der Waals surface area contributed by atoms with Crippen LogP contribution in [0.2, 0.25) is 0 Å². The Kier molecular flexibility index (Phi) is 10.3. The van der Waals surface area contributed by atoms with Gasteiger partial charge in [-0.3, -0.25) is 13.9 Å². The Balaban J connectivity index is 2.04. The van der Waals surface area contributed by atoms with Crippen LogP contribution in [0.1, 0.15) is 43.9 Å². The topological polar surface area (TPSA) is 86.8 Å². The third-order valence-corrected chi connectivity index (χ3v) is 9.04. The Hall–Kier alpha value is -3.17. The predicted molar refractivity (Wildman–Crippen MR) is 159 cm³/mol. The molecule has 3 aromatic carbocycles. The summed E-state index contributed by atoms with van der Waals surface area (Å²) < 4.78 is 29.5. The van der Waals surface area contributed by atoms with Crippen molar-refractivity contribution >= 4 is 43.5 Å². The molecule has 0 spiro atoms. The molecule has 0 aliphatic heterocycles. The van der Waals surface area contributed by atoms with Crippen LogP contribution >= 0.6 is 15.9 Å². The second kappa shape index (κ2) is 13.3. The largest absolute Gasteiger partial charge is 0.352 e. The van der Waals surface area contributed by atoms with Crippen LogP contribution in [-0.2, 0) is 26.2 Å². The summed E-state index contributed by atoms with van der Waals surface area (Å²) in [5, 5.41) is 2.95. The van der Waals surface area contributed by atoms with Crippen molar-refractivity contribution in [1.29, 1.82) is 0 Å². The lowest BCUT2D eigenvalue weighted by atomic mass is 10.1. The van der Waals surface area contributed by atoms with Crippen molar-refractivity contribution in [2.75, 3.05) is 10.8 Å². The lowest BCUT2D eigenvalue weighted by molar-refractivity contribution is -0.139. The molecule has 7 nitrogen and oxygen atoms in total. The summed E-state index contributed by atoms with van der Waals surface area (Å²) in [4.78, 5) is 28.7. The normalized spacial score (nSPS) is 12.9. The number of hydrogen-bond acceptors (Lipinski definition) is 4. The fourth-order valence-electron chi connectivity index (χ4n) is 4.02. The van der Waals surface area contributed by atoms with Crippen molar-refractivity contribution in [2.45, 2.75) is 64.6 Å². The third-order valence-electron chi connectivity index (χ3n) is 6.75. The summed E-state index contributed by atoms with van der Waals surface area (Å²) >= 11 is 3.41. The van der Waals surface area contributed by atoms with Crippen molar-refractivity contribution in [3.8, 4) is 0 Å². The molecule has 9 heteroatoms. The van der Waals surface area contributed by atoms with E-state index in [1.54, 1.807) is 43.3 Å². The first-order chi connectivity index (χ1) is 18.4. The SMILES string of the molecule is CC[C@H](C)NC(=O)[C@@H](C)N(Cc1ccccc1C)C(=O)CN(c1cccc(Br)c1)S(=O)(=O)c1ccc(C)cc1. The van der Waals surface area contributed by atoms with E-state index in [4.69, 9.17) is 0 Å². The van der Waals surface area contributed by atoms with Gasteiger partial charge < -0.3 is 10.2 Å². The Labute approximate surface area is 240 Å². The van der Waals surface area contributed by atoms with Crippen LogP contribution in [0, 0.1) is 13.8 Å². The highest BCUT2D eigenvalue weighted by molar-refractivity contribution is 9.10. The molecule has 0 saturated carbocycles. The number of halogens is 1. The van der Waals surface area contributed by atoms with Crippen LogP contribution in [0.4, 0.5) is 5.69 Å². The lowest BCUT2D eigenvalue weighted by Crippen LogP contribution is -2.52. The van der Waals surface area contributed by atoms with Gasteiger partial charge >= 0.3 is 0 Å². The van der Waals surface area contributed by atoms with Crippen LogP contribution in [-0.4, -0.2) is 43.8 Å². The van der Waals surface area contributed by atoms with E-state index < -0.39 is 28.5 Å². The molecule has 0 aliphatic carbocycles. The molecule has 0 radical (unpaired) electrons. The number of sulfonamides is 1. The number of carbonyl (C=O) groups excluding carboxylic acids is 2. The highest BCUT2D eigenvalue weighted by Gasteiger charge is 2.33. The summed E-state index contributed by atoms with van der Waals surface area (Å²) in [5.41, 5.74) is 3.11. The van der Waals surface area contributed by atoms with Gasteiger partial charge in [-0.1, -0.05) is 70.9 Å². The Morgan fingerprint density at radius 3 is 2.23 bits per heavy atom. The second-order valence-electron chi connectivity index (χ2n) is 9.75. The molecule has 3 aromatic rings. The number of nitrogens with zero attached hydrogens (tertiary/aromatic N) is 2. The van der Waals surface area contributed by atoms with E-state index in [1.165, 1.54) is 17.0 Å². The molecule has 0 heterocycles. The van der Waals surface area contributed by atoms with Crippen molar-refractivity contribution < 1.29 is 18.0 Å². The maximum Gasteiger partial charge on any atom is 0.264 e. The summed E-state index contributed by atoms with van der Waals surface area (Å²) in [7, 11) is -4.10. The molecule has 0 saturated heterocycles. The molecule has 1 N–H and O–H groups in total. The van der Waals surface area contributed by atoms with Gasteiger partial charge in [-0.15, -0.1) is 0 Å². The fourth-order valence-corrected chi connectivity index (χ4v) is 5.81. The maximum atomic E-state index is 14.0. The quantitative estimate of drug-likeness (QED) is 0.305. The molecule has 39 heavy (non-hydrogen) atoms. The minimum absolute atomic E-state index is 0.0598. The second-order valence-corrected chi connectivity index (χ2v) is 12.5. The molecule has 0 fully saturated rings. The first kappa shape index (κ1) is 30.4. The molecule has 0 bridgehead atoms. The Morgan fingerprint density at radius 2 is 1.62 bits per heavy atom. The Morgan fingerprint density at radius 1 is 0.949 bits per heavy atom. The van der Waals surface area contributed by atoms with E-state index >= 15 is 0 Å². The molecule has 0 aliphatic rings. The summed E-state index contributed by atoms with van der Waals surface area (Å²) in [6.07, 6.45) is 0.746. The van der Waals surface area contributed by atoms with E-state index in [9.17, 15) is 18.0 Å². The van der Waals surface area contributed by atoms with E-state index in [-0.39, 0.29) is 23.4 Å². The number of carbonyl (C=O) groups is 2. The van der Waals surface area contributed by atoms with Crippen molar-refractivity contribution in [1.82, 2.24) is 10.2 Å². The highest BCUT2D eigenvalue weighted by Crippen LogP contribution is 2.27. The first-order valence-corrected chi connectivity index (χ1v) is 15.2. The van der Waals surface area contributed by atoms with E-state index in [2.05, 4.69) is 21.2 Å². The van der Waals surface area contributed by atoms with Gasteiger partial charge in [0.15, 0.2) is 0 Å². The fraction of sp³-hybridized carbons (Fsp3) is 0.333.